The summed E-state index contributed by atoms with van der Waals surface area (Å²) in [6.07, 6.45) is 7.08. The van der Waals surface area contributed by atoms with Gasteiger partial charge in [0, 0.05) is 11.9 Å². The van der Waals surface area contributed by atoms with Gasteiger partial charge in [-0.15, -0.1) is 0 Å². The predicted octanol–water partition coefficient (Wildman–Crippen LogP) is 2.89. The van der Waals surface area contributed by atoms with Crippen LogP contribution in [-0.4, -0.2) is 30.4 Å². The minimum Gasteiger partial charge on any atom is -0.306 e. The molecule has 0 radical (unpaired) electrons. The van der Waals surface area contributed by atoms with Crippen molar-refractivity contribution in [3.63, 3.8) is 0 Å². The Balaban J connectivity index is 1.91. The van der Waals surface area contributed by atoms with E-state index in [2.05, 4.69) is 27.9 Å². The van der Waals surface area contributed by atoms with Gasteiger partial charge >= 0.3 is 0 Å². The summed E-state index contributed by atoms with van der Waals surface area (Å²) in [6, 6.07) is 0. The highest BCUT2D eigenvalue weighted by atomic mass is 79.9. The number of nitrogens with zero attached hydrogens (tertiary/aromatic N) is 1. The van der Waals surface area contributed by atoms with Gasteiger partial charge in [-0.3, -0.25) is 0 Å². The molecule has 0 aromatic carbocycles. The average molecular weight is 234 g/mol. The molecular formula is C10H20BrN. The van der Waals surface area contributed by atoms with Gasteiger partial charge in [-0.05, 0) is 45.2 Å². The molecule has 0 saturated heterocycles. The van der Waals surface area contributed by atoms with Gasteiger partial charge in [0.1, 0.15) is 0 Å². The number of rotatable bonds is 6. The molecule has 1 rings (SSSR count). The molecule has 1 aliphatic rings. The largest absolute Gasteiger partial charge is 0.306 e. The highest BCUT2D eigenvalue weighted by Crippen LogP contribution is 2.26. The third-order valence-corrected chi connectivity index (χ3v) is 3.28. The zero-order valence-electron chi connectivity index (χ0n) is 8.06. The molecule has 1 saturated carbocycles. The lowest BCUT2D eigenvalue weighted by Gasteiger charge is -2.30. The normalized spacial score (nSPS) is 18.2. The van der Waals surface area contributed by atoms with Crippen molar-refractivity contribution in [2.24, 2.45) is 5.92 Å². The van der Waals surface area contributed by atoms with Crippen molar-refractivity contribution in [1.29, 1.82) is 0 Å². The maximum atomic E-state index is 3.46. The Hall–Kier alpha value is 0.440. The smallest absolute Gasteiger partial charge is 0.00317 e. The molecule has 1 nitrogen and oxygen atoms in total. The highest BCUT2D eigenvalue weighted by Gasteiger charge is 2.18. The third-order valence-electron chi connectivity index (χ3n) is 2.72. The van der Waals surface area contributed by atoms with Gasteiger partial charge in [0.05, 0.1) is 0 Å². The van der Waals surface area contributed by atoms with Gasteiger partial charge in [-0.1, -0.05) is 22.4 Å². The van der Waals surface area contributed by atoms with E-state index in [0.29, 0.717) is 0 Å². The fourth-order valence-corrected chi connectivity index (χ4v) is 2.08. The summed E-state index contributed by atoms with van der Waals surface area (Å²) in [4.78, 5) is 2.49. The van der Waals surface area contributed by atoms with Gasteiger partial charge in [-0.2, -0.15) is 0 Å². The van der Waals surface area contributed by atoms with Crippen molar-refractivity contribution in [2.45, 2.75) is 32.1 Å². The van der Waals surface area contributed by atoms with Gasteiger partial charge in [-0.25, -0.2) is 0 Å². The first kappa shape index (κ1) is 10.5. The molecule has 0 spiro atoms. The Morgan fingerprint density at radius 2 is 2.08 bits per heavy atom. The minimum atomic E-state index is 1.03. The fourth-order valence-electron chi connectivity index (χ4n) is 1.68. The van der Waals surface area contributed by atoms with E-state index in [9.17, 15) is 0 Å². The Labute approximate surface area is 84.6 Å². The lowest BCUT2D eigenvalue weighted by molar-refractivity contribution is 0.204. The number of alkyl halides is 1. The molecule has 0 heterocycles. The Morgan fingerprint density at radius 3 is 2.58 bits per heavy atom. The first-order chi connectivity index (χ1) is 5.83. The molecule has 0 atom stereocenters. The number of hydrogen-bond donors (Lipinski definition) is 0. The van der Waals surface area contributed by atoms with Crippen molar-refractivity contribution in [2.75, 3.05) is 25.5 Å². The standard InChI is InChI=1S/C10H20BrN/c1-12(8-3-2-7-11)9-10-5-4-6-10/h10H,2-9H2,1H3. The van der Waals surface area contributed by atoms with Crippen molar-refractivity contribution in [3.8, 4) is 0 Å². The molecular weight excluding hydrogens is 214 g/mol. The van der Waals surface area contributed by atoms with Gasteiger partial charge < -0.3 is 4.90 Å². The van der Waals surface area contributed by atoms with E-state index < -0.39 is 0 Å². The Morgan fingerprint density at radius 1 is 1.33 bits per heavy atom. The number of unbranched alkanes of at least 4 members (excludes halogenated alkanes) is 1. The van der Waals surface area contributed by atoms with Gasteiger partial charge in [0.25, 0.3) is 0 Å². The predicted molar refractivity (Wildman–Crippen MR) is 57.9 cm³/mol. The average Bonchev–Trinajstić information content (AvgIpc) is 1.98. The van der Waals surface area contributed by atoms with Crippen LogP contribution >= 0.6 is 15.9 Å². The molecule has 0 aliphatic heterocycles. The topological polar surface area (TPSA) is 3.24 Å². The van der Waals surface area contributed by atoms with E-state index in [-0.39, 0.29) is 0 Å². The second-order valence-corrected chi connectivity index (χ2v) is 4.75. The second kappa shape index (κ2) is 5.98. The lowest BCUT2D eigenvalue weighted by Crippen LogP contribution is -2.30. The molecule has 0 aromatic heterocycles. The minimum absolute atomic E-state index is 1.03. The summed E-state index contributed by atoms with van der Waals surface area (Å²) >= 11 is 3.46. The van der Waals surface area contributed by atoms with E-state index in [1.807, 2.05) is 0 Å². The van der Waals surface area contributed by atoms with Crippen LogP contribution < -0.4 is 0 Å². The monoisotopic (exact) mass is 233 g/mol. The van der Waals surface area contributed by atoms with Crippen molar-refractivity contribution >= 4 is 15.9 Å². The first-order valence-corrected chi connectivity index (χ1v) is 6.19. The summed E-state index contributed by atoms with van der Waals surface area (Å²) < 4.78 is 0. The Bertz CT molecular complexity index is 112. The summed E-state index contributed by atoms with van der Waals surface area (Å²) in [6.45, 7) is 2.62. The van der Waals surface area contributed by atoms with Crippen LogP contribution in [0.3, 0.4) is 0 Å². The quantitative estimate of drug-likeness (QED) is 0.504. The highest BCUT2D eigenvalue weighted by molar-refractivity contribution is 9.09. The summed E-state index contributed by atoms with van der Waals surface area (Å²) in [5, 5.41) is 1.16. The summed E-state index contributed by atoms with van der Waals surface area (Å²) in [5.74, 6) is 1.03. The SMILES string of the molecule is CN(CCCCBr)CC1CCC1. The maximum absolute atomic E-state index is 3.46. The van der Waals surface area contributed by atoms with Crippen LogP contribution in [0.4, 0.5) is 0 Å². The zero-order chi connectivity index (χ0) is 8.81. The van der Waals surface area contributed by atoms with Crippen LogP contribution in [0.1, 0.15) is 32.1 Å². The summed E-state index contributed by atoms with van der Waals surface area (Å²) in [7, 11) is 2.26. The summed E-state index contributed by atoms with van der Waals surface area (Å²) in [5.41, 5.74) is 0. The molecule has 0 unspecified atom stereocenters. The van der Waals surface area contributed by atoms with Crippen LogP contribution in [0.15, 0.2) is 0 Å². The number of halogens is 1. The van der Waals surface area contributed by atoms with E-state index in [4.69, 9.17) is 0 Å². The van der Waals surface area contributed by atoms with E-state index in [0.717, 1.165) is 11.2 Å². The van der Waals surface area contributed by atoms with Gasteiger partial charge in [0.15, 0.2) is 0 Å². The Kier molecular flexibility index (Phi) is 5.24. The van der Waals surface area contributed by atoms with E-state index >= 15 is 0 Å². The van der Waals surface area contributed by atoms with Crippen molar-refractivity contribution in [1.82, 2.24) is 4.90 Å². The molecule has 1 fully saturated rings. The van der Waals surface area contributed by atoms with Crippen molar-refractivity contribution < 1.29 is 0 Å². The molecule has 0 bridgehead atoms. The first-order valence-electron chi connectivity index (χ1n) is 5.07. The van der Waals surface area contributed by atoms with Crippen molar-refractivity contribution in [3.05, 3.63) is 0 Å². The molecule has 12 heavy (non-hydrogen) atoms. The molecule has 2 heteroatoms. The van der Waals surface area contributed by atoms with Crippen LogP contribution in [0.25, 0.3) is 0 Å². The molecule has 0 N–H and O–H groups in total. The van der Waals surface area contributed by atoms with Crippen LogP contribution in [0, 0.1) is 5.92 Å². The van der Waals surface area contributed by atoms with Gasteiger partial charge in [0.2, 0.25) is 0 Å². The lowest BCUT2D eigenvalue weighted by atomic mass is 9.85. The van der Waals surface area contributed by atoms with E-state index in [1.54, 1.807) is 0 Å². The molecule has 0 aromatic rings. The molecule has 0 amide bonds. The molecule has 72 valence electrons. The maximum Gasteiger partial charge on any atom is 0.00317 e. The van der Waals surface area contributed by atoms with E-state index in [1.165, 1.54) is 45.2 Å². The third kappa shape index (κ3) is 3.90. The van der Waals surface area contributed by atoms with Crippen LogP contribution in [-0.2, 0) is 0 Å². The number of hydrogen-bond acceptors (Lipinski definition) is 1. The van der Waals surface area contributed by atoms with Crippen LogP contribution in [0.5, 0.6) is 0 Å². The molecule has 1 aliphatic carbocycles. The second-order valence-electron chi connectivity index (χ2n) is 3.96. The van der Waals surface area contributed by atoms with Crippen LogP contribution in [0.2, 0.25) is 0 Å². The zero-order valence-corrected chi connectivity index (χ0v) is 9.65. The fraction of sp³-hybridized carbons (Fsp3) is 1.00.